The molecule has 1 N–H and O–H groups in total. The Morgan fingerprint density at radius 3 is 2.65 bits per heavy atom. The van der Waals surface area contributed by atoms with Crippen LogP contribution in [0.25, 0.3) is 0 Å². The molecule has 2 aromatic rings. The molecule has 3 atom stereocenters. The summed E-state index contributed by atoms with van der Waals surface area (Å²) in [7, 11) is -1.98. The summed E-state index contributed by atoms with van der Waals surface area (Å²) in [5, 5.41) is 8.63. The average Bonchev–Trinajstić information content (AvgIpc) is 3.25. The maximum absolute atomic E-state index is 12.5. The van der Waals surface area contributed by atoms with Gasteiger partial charge in [0.2, 0.25) is 0 Å². The highest BCUT2D eigenvalue weighted by Crippen LogP contribution is 2.44. The highest BCUT2D eigenvalue weighted by molar-refractivity contribution is 6.74. The topological polar surface area (TPSA) is 104 Å². The van der Waals surface area contributed by atoms with E-state index in [0.29, 0.717) is 24.5 Å². The number of aryl methyl sites for hydroxylation is 1. The fourth-order valence-electron chi connectivity index (χ4n) is 3.78. The molecule has 1 saturated heterocycles. The van der Waals surface area contributed by atoms with E-state index in [2.05, 4.69) is 49.2 Å². The molecule has 0 aromatic carbocycles. The van der Waals surface area contributed by atoms with Gasteiger partial charge in [-0.05, 0) is 37.9 Å². The Morgan fingerprint density at radius 2 is 2.00 bits per heavy atom. The lowest BCUT2D eigenvalue weighted by atomic mass is 10.1. The first kappa shape index (κ1) is 22.2. The van der Waals surface area contributed by atoms with Crippen LogP contribution in [0.3, 0.4) is 0 Å². The van der Waals surface area contributed by atoms with Gasteiger partial charge in [0.15, 0.2) is 8.32 Å². The van der Waals surface area contributed by atoms with Gasteiger partial charge in [0.1, 0.15) is 12.3 Å². The molecular weight excluding hydrogens is 414 g/mol. The molecule has 170 valence electrons. The summed E-state index contributed by atoms with van der Waals surface area (Å²) in [5.74, 6) is 0.494. The van der Waals surface area contributed by atoms with E-state index in [1.54, 1.807) is 13.1 Å². The van der Waals surface area contributed by atoms with Gasteiger partial charge in [-0.2, -0.15) is 0 Å². The van der Waals surface area contributed by atoms with E-state index in [9.17, 15) is 9.59 Å². The van der Waals surface area contributed by atoms with Crippen LogP contribution in [-0.2, 0) is 9.16 Å². The number of hydrogen-bond acceptors (Lipinski definition) is 6. The molecule has 0 amide bonds. The first-order chi connectivity index (χ1) is 14.5. The largest absolute Gasteiger partial charge is 0.414 e. The zero-order chi connectivity index (χ0) is 22.6. The fourth-order valence-corrected chi connectivity index (χ4v) is 4.79. The summed E-state index contributed by atoms with van der Waals surface area (Å²) in [4.78, 5) is 26.7. The Morgan fingerprint density at radius 1 is 1.29 bits per heavy atom. The van der Waals surface area contributed by atoms with Gasteiger partial charge in [0.05, 0.1) is 24.5 Å². The summed E-state index contributed by atoms with van der Waals surface area (Å²) in [6.07, 6.45) is 5.49. The summed E-state index contributed by atoms with van der Waals surface area (Å²) < 4.78 is 16.3. The molecule has 0 radical (unpaired) electrons. The summed E-state index contributed by atoms with van der Waals surface area (Å²) in [6.45, 7) is 13.2. The lowest BCUT2D eigenvalue weighted by Gasteiger charge is -2.37. The highest BCUT2D eigenvalue weighted by atomic mass is 28.4. The molecule has 0 spiro atoms. The molecular formula is C21H33N5O4Si. The van der Waals surface area contributed by atoms with Crippen LogP contribution in [0, 0.1) is 6.92 Å². The monoisotopic (exact) mass is 447 g/mol. The fraction of sp³-hybridized carbons (Fsp3) is 0.714. The van der Waals surface area contributed by atoms with Crippen LogP contribution in [0.1, 0.15) is 69.5 Å². The van der Waals surface area contributed by atoms with Crippen molar-refractivity contribution in [3.63, 3.8) is 0 Å². The van der Waals surface area contributed by atoms with Gasteiger partial charge in [0, 0.05) is 24.1 Å². The molecule has 1 aliphatic heterocycles. The van der Waals surface area contributed by atoms with E-state index in [1.165, 1.54) is 4.57 Å². The van der Waals surface area contributed by atoms with Crippen molar-refractivity contribution < 1.29 is 9.16 Å². The smallest absolute Gasteiger partial charge is 0.330 e. The van der Waals surface area contributed by atoms with E-state index in [0.717, 1.165) is 18.5 Å². The predicted molar refractivity (Wildman–Crippen MR) is 119 cm³/mol. The summed E-state index contributed by atoms with van der Waals surface area (Å²) in [6, 6.07) is -0.0907. The zero-order valence-electron chi connectivity index (χ0n) is 19.2. The minimum Gasteiger partial charge on any atom is -0.414 e. The van der Waals surface area contributed by atoms with Gasteiger partial charge in [0.25, 0.3) is 5.56 Å². The van der Waals surface area contributed by atoms with Crippen LogP contribution in [-0.4, -0.2) is 45.6 Å². The van der Waals surface area contributed by atoms with Crippen molar-refractivity contribution in [2.45, 2.75) is 89.4 Å². The maximum Gasteiger partial charge on any atom is 0.330 e. The minimum absolute atomic E-state index is 0.0832. The first-order valence-corrected chi connectivity index (χ1v) is 13.9. The van der Waals surface area contributed by atoms with Crippen molar-refractivity contribution in [1.29, 1.82) is 0 Å². The van der Waals surface area contributed by atoms with Gasteiger partial charge in [-0.1, -0.05) is 26.0 Å². The van der Waals surface area contributed by atoms with Gasteiger partial charge in [-0.25, -0.2) is 9.48 Å². The van der Waals surface area contributed by atoms with E-state index in [4.69, 9.17) is 9.16 Å². The van der Waals surface area contributed by atoms with Crippen LogP contribution in [0.2, 0.25) is 18.1 Å². The molecule has 1 saturated carbocycles. The molecule has 1 aliphatic carbocycles. The second-order valence-electron chi connectivity index (χ2n) is 10.4. The number of rotatable bonds is 6. The normalized spacial score (nSPS) is 24.6. The van der Waals surface area contributed by atoms with Crippen LogP contribution < -0.4 is 11.2 Å². The van der Waals surface area contributed by atoms with Crippen LogP contribution in [0.15, 0.2) is 22.0 Å². The van der Waals surface area contributed by atoms with Gasteiger partial charge >= 0.3 is 5.69 Å². The molecule has 2 aromatic heterocycles. The SMILES string of the molecule is Cc1cn([C@H]2C[C@H](n3nncc3C3CC3)[C@@H](CO[Si](C)(C)C(C)(C)C)O2)c(=O)[nH]c1=O. The van der Waals surface area contributed by atoms with E-state index < -0.39 is 20.2 Å². The number of aromatic nitrogens is 5. The van der Waals surface area contributed by atoms with Crippen molar-refractivity contribution in [1.82, 2.24) is 24.5 Å². The van der Waals surface area contributed by atoms with Crippen molar-refractivity contribution in [3.8, 4) is 0 Å². The zero-order valence-corrected chi connectivity index (χ0v) is 20.2. The maximum atomic E-state index is 12.5. The Hall–Kier alpha value is -2.04. The number of aromatic amines is 1. The highest BCUT2D eigenvalue weighted by Gasteiger charge is 2.44. The Bertz CT molecular complexity index is 1060. The molecule has 4 rings (SSSR count). The van der Waals surface area contributed by atoms with Crippen LogP contribution >= 0.6 is 0 Å². The van der Waals surface area contributed by atoms with Crippen LogP contribution in [0.4, 0.5) is 0 Å². The summed E-state index contributed by atoms with van der Waals surface area (Å²) >= 11 is 0. The van der Waals surface area contributed by atoms with E-state index >= 15 is 0 Å². The number of hydrogen-bond donors (Lipinski definition) is 1. The molecule has 31 heavy (non-hydrogen) atoms. The predicted octanol–water partition coefficient (Wildman–Crippen LogP) is 2.86. The average molecular weight is 448 g/mol. The third kappa shape index (κ3) is 4.33. The molecule has 2 aliphatic rings. The molecule has 9 nitrogen and oxygen atoms in total. The Labute approximate surface area is 182 Å². The van der Waals surface area contributed by atoms with Gasteiger partial charge < -0.3 is 9.16 Å². The molecule has 0 bridgehead atoms. The number of H-pyrrole nitrogens is 1. The second kappa shape index (κ2) is 7.82. The lowest BCUT2D eigenvalue weighted by Crippen LogP contribution is -2.43. The minimum atomic E-state index is -1.98. The Kier molecular flexibility index (Phi) is 5.59. The number of nitrogens with zero attached hydrogens (tertiary/aromatic N) is 4. The molecule has 10 heteroatoms. The summed E-state index contributed by atoms with van der Waals surface area (Å²) in [5.41, 5.74) is 0.754. The molecule has 0 unspecified atom stereocenters. The number of ether oxygens (including phenoxy) is 1. The standard InChI is InChI=1S/C21H33N5O4Si/c1-13-11-25(20(28)23-19(13)27)18-9-15(26-16(10-22-24-26)14-7-8-14)17(30-18)12-29-31(5,6)21(2,3)4/h10-11,14-15,17-18H,7-9,12H2,1-6H3,(H,23,27,28)/t15-,17+,18+/m0/s1. The number of nitrogens with one attached hydrogen (secondary N) is 1. The van der Waals surface area contributed by atoms with Gasteiger partial charge in [-0.3, -0.25) is 14.3 Å². The molecule has 2 fully saturated rings. The van der Waals surface area contributed by atoms with Crippen molar-refractivity contribution in [3.05, 3.63) is 44.5 Å². The lowest BCUT2D eigenvalue weighted by molar-refractivity contribution is -0.0299. The third-order valence-electron chi connectivity index (χ3n) is 6.99. The quantitative estimate of drug-likeness (QED) is 0.683. The van der Waals surface area contributed by atoms with Crippen molar-refractivity contribution >= 4 is 8.32 Å². The first-order valence-electron chi connectivity index (χ1n) is 11.0. The van der Waals surface area contributed by atoms with Crippen LogP contribution in [0.5, 0.6) is 0 Å². The molecule has 3 heterocycles. The van der Waals surface area contributed by atoms with Crippen molar-refractivity contribution in [2.24, 2.45) is 0 Å². The second-order valence-corrected chi connectivity index (χ2v) is 15.2. The van der Waals surface area contributed by atoms with E-state index in [-0.39, 0.29) is 22.7 Å². The Balaban J connectivity index is 1.64. The van der Waals surface area contributed by atoms with E-state index in [1.807, 2.05) is 10.9 Å². The van der Waals surface area contributed by atoms with Crippen molar-refractivity contribution in [2.75, 3.05) is 6.61 Å². The third-order valence-corrected chi connectivity index (χ3v) is 11.5. The van der Waals surface area contributed by atoms with Gasteiger partial charge in [-0.15, -0.1) is 5.10 Å².